The molecule has 2 N–H and O–H groups in total. The number of aliphatic imine (C=N–C) groups is 1. The van der Waals surface area contributed by atoms with Crippen LogP contribution in [-0.4, -0.2) is 42.6 Å². The summed E-state index contributed by atoms with van der Waals surface area (Å²) in [6.07, 6.45) is 3.05. The largest absolute Gasteiger partial charge is 0.357 e. The van der Waals surface area contributed by atoms with Crippen molar-refractivity contribution in [1.82, 2.24) is 15.6 Å². The molecule has 0 unspecified atom stereocenters. The second kappa shape index (κ2) is 11.6. The molecule has 1 aromatic rings. The molecule has 1 heterocycles. The van der Waals surface area contributed by atoms with Crippen LogP contribution >= 0.6 is 47.1 Å². The molecule has 7 heteroatoms. The minimum absolute atomic E-state index is 0. The fourth-order valence-corrected chi connectivity index (χ4v) is 2.73. The Bertz CT molecular complexity index is 388. The van der Waals surface area contributed by atoms with Crippen LogP contribution in [0.25, 0.3) is 0 Å². The minimum atomic E-state index is 0. The molecule has 0 bridgehead atoms. The Morgan fingerprint density at radius 3 is 2.65 bits per heavy atom. The van der Waals surface area contributed by atoms with E-state index in [1.807, 2.05) is 11.8 Å². The highest BCUT2D eigenvalue weighted by molar-refractivity contribution is 14.0. The van der Waals surface area contributed by atoms with Crippen molar-refractivity contribution in [2.24, 2.45) is 4.99 Å². The van der Waals surface area contributed by atoms with Crippen LogP contribution in [0.5, 0.6) is 0 Å². The Balaban J connectivity index is 0.00000361. The zero-order chi connectivity index (χ0) is 14.1. The van der Waals surface area contributed by atoms with E-state index < -0.39 is 0 Å². The summed E-state index contributed by atoms with van der Waals surface area (Å²) in [6, 6.07) is 0. The number of hydrogen-bond acceptors (Lipinski definition) is 4. The molecule has 0 spiro atoms. The normalized spacial score (nSPS) is 11.1. The summed E-state index contributed by atoms with van der Waals surface area (Å²) in [5.41, 5.74) is 1.15. The number of aryl methyl sites for hydroxylation is 2. The van der Waals surface area contributed by atoms with Crippen LogP contribution < -0.4 is 10.6 Å². The van der Waals surface area contributed by atoms with Crippen LogP contribution in [0.1, 0.15) is 22.5 Å². The molecular formula is C13H25IN4S2. The lowest BCUT2D eigenvalue weighted by atomic mass is 10.4. The van der Waals surface area contributed by atoms with Crippen molar-refractivity contribution in [3.8, 4) is 0 Å². The molecule has 116 valence electrons. The maximum atomic E-state index is 4.54. The summed E-state index contributed by atoms with van der Waals surface area (Å²) in [5, 5.41) is 7.81. The lowest BCUT2D eigenvalue weighted by Crippen LogP contribution is -2.38. The molecule has 0 aliphatic carbocycles. The first kappa shape index (κ1) is 20.0. The summed E-state index contributed by atoms with van der Waals surface area (Å²) in [5.74, 6) is 1.96. The first-order valence-corrected chi connectivity index (χ1v) is 8.82. The lowest BCUT2D eigenvalue weighted by Gasteiger charge is -2.10. The molecule has 20 heavy (non-hydrogen) atoms. The van der Waals surface area contributed by atoms with Crippen LogP contribution in [0, 0.1) is 13.8 Å². The smallest absolute Gasteiger partial charge is 0.191 e. The lowest BCUT2D eigenvalue weighted by molar-refractivity contribution is 0.799. The molecule has 0 atom stereocenters. The Morgan fingerprint density at radius 1 is 1.35 bits per heavy atom. The number of thioether (sulfide) groups is 1. The van der Waals surface area contributed by atoms with Gasteiger partial charge in [-0.3, -0.25) is 4.99 Å². The zero-order valence-electron chi connectivity index (χ0n) is 12.7. The highest BCUT2D eigenvalue weighted by Gasteiger charge is 2.03. The first-order valence-electron chi connectivity index (χ1n) is 6.61. The van der Waals surface area contributed by atoms with Gasteiger partial charge in [0.1, 0.15) is 0 Å². The quantitative estimate of drug-likeness (QED) is 0.304. The van der Waals surface area contributed by atoms with Crippen molar-refractivity contribution in [3.05, 3.63) is 15.6 Å². The molecule has 4 nitrogen and oxygen atoms in total. The van der Waals surface area contributed by atoms with Crippen LogP contribution in [0.4, 0.5) is 0 Å². The number of thiazole rings is 1. The second-order valence-electron chi connectivity index (χ2n) is 4.18. The maximum Gasteiger partial charge on any atom is 0.191 e. The summed E-state index contributed by atoms with van der Waals surface area (Å²) in [7, 11) is 0. The van der Waals surface area contributed by atoms with E-state index in [2.05, 4.69) is 47.6 Å². The van der Waals surface area contributed by atoms with Crippen LogP contribution in [0.2, 0.25) is 0 Å². The third-order valence-corrected chi connectivity index (χ3v) is 4.34. The average Bonchev–Trinajstić information content (AvgIpc) is 2.69. The summed E-state index contributed by atoms with van der Waals surface area (Å²) in [6.45, 7) is 8.89. The summed E-state index contributed by atoms with van der Waals surface area (Å²) < 4.78 is 0. The van der Waals surface area contributed by atoms with Gasteiger partial charge in [0, 0.05) is 30.1 Å². The molecular weight excluding hydrogens is 403 g/mol. The van der Waals surface area contributed by atoms with Gasteiger partial charge in [-0.2, -0.15) is 11.8 Å². The molecule has 1 rings (SSSR count). The fraction of sp³-hybridized carbons (Fsp3) is 0.692. The Labute approximate surface area is 147 Å². The van der Waals surface area contributed by atoms with Gasteiger partial charge in [-0.05, 0) is 27.0 Å². The highest BCUT2D eigenvalue weighted by atomic mass is 127. The first-order chi connectivity index (χ1) is 9.17. The van der Waals surface area contributed by atoms with E-state index in [1.165, 1.54) is 9.88 Å². The highest BCUT2D eigenvalue weighted by Crippen LogP contribution is 2.16. The SMILES string of the molecule is CCNC(=NCCSC)NCCc1nc(C)c(C)s1.I. The number of halogens is 1. The summed E-state index contributed by atoms with van der Waals surface area (Å²) in [4.78, 5) is 10.4. The van der Waals surface area contributed by atoms with Crippen LogP contribution in [0.15, 0.2) is 4.99 Å². The molecule has 0 fully saturated rings. The van der Waals surface area contributed by atoms with Gasteiger partial charge in [0.25, 0.3) is 0 Å². The third-order valence-electron chi connectivity index (χ3n) is 2.61. The number of nitrogens with one attached hydrogen (secondary N) is 2. The summed E-state index contributed by atoms with van der Waals surface area (Å²) >= 11 is 3.60. The maximum absolute atomic E-state index is 4.54. The van der Waals surface area contributed by atoms with E-state index in [1.54, 1.807) is 11.3 Å². The van der Waals surface area contributed by atoms with E-state index >= 15 is 0 Å². The van der Waals surface area contributed by atoms with Crippen molar-refractivity contribution >= 4 is 53.0 Å². The predicted molar refractivity (Wildman–Crippen MR) is 103 cm³/mol. The monoisotopic (exact) mass is 428 g/mol. The van der Waals surface area contributed by atoms with Crippen LogP contribution in [-0.2, 0) is 6.42 Å². The van der Waals surface area contributed by atoms with Gasteiger partial charge in [-0.15, -0.1) is 35.3 Å². The van der Waals surface area contributed by atoms with Gasteiger partial charge in [-0.25, -0.2) is 4.98 Å². The molecule has 1 aromatic heterocycles. The van der Waals surface area contributed by atoms with Crippen molar-refractivity contribution in [2.75, 3.05) is 31.6 Å². The second-order valence-corrected chi connectivity index (χ2v) is 6.45. The third kappa shape index (κ3) is 7.68. The van der Waals surface area contributed by atoms with E-state index in [9.17, 15) is 0 Å². The van der Waals surface area contributed by atoms with Gasteiger partial charge in [0.05, 0.1) is 17.2 Å². The Hall–Kier alpha value is -0.0200. The minimum Gasteiger partial charge on any atom is -0.357 e. The Kier molecular flexibility index (Phi) is 11.6. The number of guanidine groups is 1. The van der Waals surface area contributed by atoms with Gasteiger partial charge >= 0.3 is 0 Å². The van der Waals surface area contributed by atoms with E-state index in [0.29, 0.717) is 0 Å². The van der Waals surface area contributed by atoms with Gasteiger partial charge in [0.15, 0.2) is 5.96 Å². The van der Waals surface area contributed by atoms with E-state index in [-0.39, 0.29) is 24.0 Å². The van der Waals surface area contributed by atoms with Gasteiger partial charge in [0.2, 0.25) is 0 Å². The predicted octanol–water partition coefficient (Wildman–Crippen LogP) is 2.84. The molecule has 0 aliphatic rings. The molecule has 0 radical (unpaired) electrons. The van der Waals surface area contributed by atoms with Crippen molar-refractivity contribution < 1.29 is 0 Å². The van der Waals surface area contributed by atoms with Crippen LogP contribution in [0.3, 0.4) is 0 Å². The molecule has 0 amide bonds. The number of hydrogen-bond donors (Lipinski definition) is 2. The van der Waals surface area contributed by atoms with Crippen molar-refractivity contribution in [2.45, 2.75) is 27.2 Å². The van der Waals surface area contributed by atoms with Gasteiger partial charge in [-0.1, -0.05) is 0 Å². The molecule has 0 aromatic carbocycles. The van der Waals surface area contributed by atoms with Crippen molar-refractivity contribution in [1.29, 1.82) is 0 Å². The zero-order valence-corrected chi connectivity index (χ0v) is 16.6. The Morgan fingerprint density at radius 2 is 2.10 bits per heavy atom. The number of rotatable bonds is 7. The van der Waals surface area contributed by atoms with Crippen molar-refractivity contribution in [3.63, 3.8) is 0 Å². The standard InChI is InChI=1S/C13H24N4S2.HI/c1-5-14-13(16-8-9-18-4)15-7-6-12-17-10(2)11(3)19-12;/h5-9H2,1-4H3,(H2,14,15,16);1H. The molecule has 0 saturated heterocycles. The number of aromatic nitrogens is 1. The van der Waals surface area contributed by atoms with E-state index in [0.717, 1.165) is 43.5 Å². The molecule has 0 aliphatic heterocycles. The number of nitrogens with zero attached hydrogens (tertiary/aromatic N) is 2. The average molecular weight is 428 g/mol. The van der Waals surface area contributed by atoms with E-state index in [4.69, 9.17) is 0 Å². The molecule has 0 saturated carbocycles. The fourth-order valence-electron chi connectivity index (χ4n) is 1.52. The van der Waals surface area contributed by atoms with Gasteiger partial charge < -0.3 is 10.6 Å². The topological polar surface area (TPSA) is 49.3 Å².